The van der Waals surface area contributed by atoms with Gasteiger partial charge in [-0.1, -0.05) is 5.16 Å². The second-order valence-electron chi connectivity index (χ2n) is 4.91. The van der Waals surface area contributed by atoms with E-state index in [9.17, 15) is 9.59 Å². The second-order valence-corrected chi connectivity index (χ2v) is 4.91. The molecule has 2 N–H and O–H groups in total. The number of nitrogens with zero attached hydrogens (tertiary/aromatic N) is 2. The molecule has 106 valence electrons. The second kappa shape index (κ2) is 5.83. The van der Waals surface area contributed by atoms with Crippen LogP contribution in [0.15, 0.2) is 10.6 Å². The van der Waals surface area contributed by atoms with Crippen LogP contribution in [0.4, 0.5) is 5.82 Å². The number of carboxylic acids is 1. The molecule has 7 nitrogen and oxygen atoms in total. The third kappa shape index (κ3) is 4.06. The van der Waals surface area contributed by atoms with E-state index < -0.39 is 11.5 Å². The van der Waals surface area contributed by atoms with Gasteiger partial charge in [0.05, 0.1) is 0 Å². The van der Waals surface area contributed by atoms with Crippen LogP contribution in [-0.2, 0) is 9.59 Å². The van der Waals surface area contributed by atoms with Crippen molar-refractivity contribution in [2.75, 3.05) is 18.9 Å². The van der Waals surface area contributed by atoms with Crippen LogP contribution >= 0.6 is 0 Å². The summed E-state index contributed by atoms with van der Waals surface area (Å²) >= 11 is 0. The maximum atomic E-state index is 11.7. The van der Waals surface area contributed by atoms with Crippen LogP contribution in [0.5, 0.6) is 0 Å². The molecule has 0 radical (unpaired) electrons. The molecule has 1 amide bonds. The van der Waals surface area contributed by atoms with Crippen LogP contribution in [-0.4, -0.2) is 46.2 Å². The number of carbonyl (C=O) groups is 2. The topological polar surface area (TPSA) is 95.7 Å². The molecule has 0 saturated carbocycles. The van der Waals surface area contributed by atoms with Crippen molar-refractivity contribution in [1.82, 2.24) is 10.1 Å². The van der Waals surface area contributed by atoms with Gasteiger partial charge in [0.1, 0.15) is 11.3 Å². The normalized spacial score (nSPS) is 11.6. The molecule has 0 spiro atoms. The Bertz CT molecular complexity index is 467. The average molecular weight is 269 g/mol. The van der Waals surface area contributed by atoms with E-state index in [1.54, 1.807) is 38.8 Å². The van der Waals surface area contributed by atoms with Crippen LogP contribution in [0.2, 0.25) is 0 Å². The average Bonchev–Trinajstić information content (AvgIpc) is 2.71. The smallest absolute Gasteiger partial charge is 0.323 e. The van der Waals surface area contributed by atoms with Gasteiger partial charge < -0.3 is 14.9 Å². The highest BCUT2D eigenvalue weighted by atomic mass is 16.5. The van der Waals surface area contributed by atoms with Crippen LogP contribution in [0, 0.1) is 6.92 Å². The number of likely N-dealkylation sites (N-methyl/N-ethyl adjacent to an activating group) is 1. The Morgan fingerprint density at radius 3 is 2.63 bits per heavy atom. The largest absolute Gasteiger partial charge is 0.480 e. The van der Waals surface area contributed by atoms with Crippen molar-refractivity contribution in [2.24, 2.45) is 0 Å². The summed E-state index contributed by atoms with van der Waals surface area (Å²) in [6.45, 7) is 5.25. The van der Waals surface area contributed by atoms with Crippen LogP contribution in [0.25, 0.3) is 0 Å². The highest BCUT2D eigenvalue weighted by Gasteiger charge is 2.31. The predicted octanol–water partition coefficient (Wildman–Crippen LogP) is 1.11. The van der Waals surface area contributed by atoms with Gasteiger partial charge in [0.2, 0.25) is 5.91 Å². The van der Waals surface area contributed by atoms with Gasteiger partial charge in [-0.25, -0.2) is 0 Å². The molecule has 0 aliphatic heterocycles. The minimum absolute atomic E-state index is 0.180. The van der Waals surface area contributed by atoms with Gasteiger partial charge in [-0.2, -0.15) is 0 Å². The van der Waals surface area contributed by atoms with E-state index in [-0.39, 0.29) is 12.3 Å². The molecule has 7 heteroatoms. The number of rotatable bonds is 6. The first kappa shape index (κ1) is 15.2. The van der Waals surface area contributed by atoms with E-state index in [4.69, 9.17) is 9.63 Å². The SMILES string of the molecule is Cc1cc(NC(=O)CCN(C)C(C)(C)C(=O)O)no1. The lowest BCUT2D eigenvalue weighted by molar-refractivity contribution is -0.148. The molecule has 19 heavy (non-hydrogen) atoms. The van der Waals surface area contributed by atoms with E-state index in [0.29, 0.717) is 18.1 Å². The monoisotopic (exact) mass is 269 g/mol. The lowest BCUT2D eigenvalue weighted by Gasteiger charge is -2.31. The van der Waals surface area contributed by atoms with Crippen molar-refractivity contribution in [3.8, 4) is 0 Å². The summed E-state index contributed by atoms with van der Waals surface area (Å²) in [4.78, 5) is 24.3. The third-order valence-electron chi connectivity index (χ3n) is 3.05. The molecular formula is C12H19N3O4. The molecule has 1 heterocycles. The molecule has 0 saturated heterocycles. The molecule has 0 aromatic carbocycles. The van der Waals surface area contributed by atoms with E-state index in [1.807, 2.05) is 0 Å². The number of hydrogen-bond donors (Lipinski definition) is 2. The molecule has 0 aliphatic rings. The Balaban J connectivity index is 2.44. The number of hydrogen-bond acceptors (Lipinski definition) is 5. The number of aliphatic carboxylic acids is 1. The summed E-state index contributed by atoms with van der Waals surface area (Å²) in [7, 11) is 1.67. The van der Waals surface area contributed by atoms with Crippen molar-refractivity contribution >= 4 is 17.7 Å². The van der Waals surface area contributed by atoms with E-state index in [2.05, 4.69) is 10.5 Å². The maximum absolute atomic E-state index is 11.7. The maximum Gasteiger partial charge on any atom is 0.323 e. The standard InChI is InChI=1S/C12H19N3O4/c1-8-7-9(14-19-8)13-10(16)5-6-15(4)12(2,3)11(17)18/h7H,5-6H2,1-4H3,(H,17,18)(H,13,14,16). The summed E-state index contributed by atoms with van der Waals surface area (Å²) in [5, 5.41) is 15.3. The van der Waals surface area contributed by atoms with Crippen LogP contribution in [0.3, 0.4) is 0 Å². The number of anilines is 1. The van der Waals surface area contributed by atoms with Gasteiger partial charge in [0.15, 0.2) is 5.82 Å². The molecule has 0 unspecified atom stereocenters. The fraction of sp³-hybridized carbons (Fsp3) is 0.583. The highest BCUT2D eigenvalue weighted by Crippen LogP contribution is 2.13. The van der Waals surface area contributed by atoms with Gasteiger partial charge in [0, 0.05) is 19.0 Å². The number of carboxylic acid groups (broad SMARTS) is 1. The number of amides is 1. The molecule has 0 fully saturated rings. The third-order valence-corrected chi connectivity index (χ3v) is 3.05. The van der Waals surface area contributed by atoms with Crippen molar-refractivity contribution < 1.29 is 19.2 Å². The summed E-state index contributed by atoms with van der Waals surface area (Å²) in [6.07, 6.45) is 0.180. The first-order chi connectivity index (χ1) is 8.73. The Labute approximate surface area is 111 Å². The Hall–Kier alpha value is -1.89. The Morgan fingerprint density at radius 2 is 2.16 bits per heavy atom. The summed E-state index contributed by atoms with van der Waals surface area (Å²) < 4.78 is 4.82. The van der Waals surface area contributed by atoms with Crippen molar-refractivity contribution in [1.29, 1.82) is 0 Å². The Kier molecular flexibility index (Phi) is 4.66. The first-order valence-corrected chi connectivity index (χ1v) is 5.91. The van der Waals surface area contributed by atoms with Crippen molar-refractivity contribution in [2.45, 2.75) is 32.7 Å². The van der Waals surface area contributed by atoms with Gasteiger partial charge in [-0.15, -0.1) is 0 Å². The quantitative estimate of drug-likeness (QED) is 0.803. The van der Waals surface area contributed by atoms with Gasteiger partial charge >= 0.3 is 5.97 Å². The van der Waals surface area contributed by atoms with Crippen molar-refractivity contribution in [3.05, 3.63) is 11.8 Å². The van der Waals surface area contributed by atoms with E-state index in [0.717, 1.165) is 0 Å². The van der Waals surface area contributed by atoms with Gasteiger partial charge in [-0.05, 0) is 27.8 Å². The van der Waals surface area contributed by atoms with Crippen molar-refractivity contribution in [3.63, 3.8) is 0 Å². The van der Waals surface area contributed by atoms with Gasteiger partial charge in [0.25, 0.3) is 0 Å². The zero-order valence-electron chi connectivity index (χ0n) is 11.6. The first-order valence-electron chi connectivity index (χ1n) is 5.91. The zero-order valence-corrected chi connectivity index (χ0v) is 11.6. The summed E-state index contributed by atoms with van der Waals surface area (Å²) in [6, 6.07) is 1.61. The molecule has 1 rings (SSSR count). The summed E-state index contributed by atoms with van der Waals surface area (Å²) in [5.74, 6) is -0.189. The number of aryl methyl sites for hydroxylation is 1. The molecule has 0 bridgehead atoms. The Morgan fingerprint density at radius 1 is 1.53 bits per heavy atom. The number of nitrogens with one attached hydrogen (secondary N) is 1. The van der Waals surface area contributed by atoms with E-state index in [1.165, 1.54) is 0 Å². The number of aromatic nitrogens is 1. The van der Waals surface area contributed by atoms with Crippen LogP contribution in [0.1, 0.15) is 26.0 Å². The predicted molar refractivity (Wildman–Crippen MR) is 68.8 cm³/mol. The summed E-state index contributed by atoms with van der Waals surface area (Å²) in [5.41, 5.74) is -1.01. The molecule has 0 atom stereocenters. The lowest BCUT2D eigenvalue weighted by Crippen LogP contribution is -2.48. The van der Waals surface area contributed by atoms with Gasteiger partial charge in [-0.3, -0.25) is 14.5 Å². The molecule has 1 aromatic rings. The zero-order chi connectivity index (χ0) is 14.6. The molecular weight excluding hydrogens is 250 g/mol. The molecule has 0 aliphatic carbocycles. The lowest BCUT2D eigenvalue weighted by atomic mass is 10.0. The fourth-order valence-corrected chi connectivity index (χ4v) is 1.34. The number of carbonyl (C=O) groups excluding carboxylic acids is 1. The fourth-order valence-electron chi connectivity index (χ4n) is 1.34. The highest BCUT2D eigenvalue weighted by molar-refractivity contribution is 5.89. The minimum Gasteiger partial charge on any atom is -0.480 e. The van der Waals surface area contributed by atoms with Crippen LogP contribution < -0.4 is 5.32 Å². The molecule has 1 aromatic heterocycles. The van der Waals surface area contributed by atoms with E-state index >= 15 is 0 Å². The minimum atomic E-state index is -1.01.